The molecule has 0 unspecified atom stereocenters. The molecule has 0 spiro atoms. The Morgan fingerprint density at radius 2 is 1.89 bits per heavy atom. The quantitative estimate of drug-likeness (QED) is 0.711. The first-order valence-electron chi connectivity index (χ1n) is 8.45. The fraction of sp³-hybridized carbons (Fsp3) is 0.389. The SMILES string of the molecule is CN(CC(=O)c1c(N)n(C)c(=O)n(C)c1=O)C[C@@H]1COc2ccccc2O1. The maximum absolute atomic E-state index is 12.6. The molecule has 1 aromatic heterocycles. The van der Waals surface area contributed by atoms with Gasteiger partial charge in [0.15, 0.2) is 17.3 Å². The first-order chi connectivity index (χ1) is 12.8. The first kappa shape index (κ1) is 18.7. The number of benzene rings is 1. The highest BCUT2D eigenvalue weighted by Gasteiger charge is 2.25. The summed E-state index contributed by atoms with van der Waals surface area (Å²) >= 11 is 0. The number of carbonyl (C=O) groups is 1. The minimum atomic E-state index is -0.694. The van der Waals surface area contributed by atoms with Gasteiger partial charge in [0, 0.05) is 20.6 Å². The number of fused-ring (bicyclic) bond motifs is 1. The standard InChI is InChI=1S/C18H22N4O5/c1-20(8-11-10-26-13-6-4-5-7-14(13)27-11)9-12(23)15-16(19)21(2)18(25)22(3)17(15)24/h4-7,11H,8-10,19H2,1-3H3/t11-/m1/s1. The van der Waals surface area contributed by atoms with E-state index in [9.17, 15) is 14.4 Å². The first-order valence-corrected chi connectivity index (χ1v) is 8.45. The number of hydrogen-bond donors (Lipinski definition) is 1. The van der Waals surface area contributed by atoms with Crippen LogP contribution in [-0.4, -0.2) is 52.7 Å². The van der Waals surface area contributed by atoms with Gasteiger partial charge in [0.05, 0.1) is 6.54 Å². The van der Waals surface area contributed by atoms with Gasteiger partial charge >= 0.3 is 5.69 Å². The molecule has 0 radical (unpaired) electrons. The Balaban J connectivity index is 1.71. The molecule has 1 atom stereocenters. The number of ketones is 1. The molecule has 0 fully saturated rings. The molecule has 0 amide bonds. The molecule has 0 saturated heterocycles. The van der Waals surface area contributed by atoms with Crippen LogP contribution < -0.4 is 26.5 Å². The third-order valence-corrected chi connectivity index (χ3v) is 4.49. The summed E-state index contributed by atoms with van der Waals surface area (Å²) in [7, 11) is 4.47. The van der Waals surface area contributed by atoms with Crippen molar-refractivity contribution >= 4 is 11.6 Å². The number of para-hydroxylation sites is 2. The minimum absolute atomic E-state index is 0.0425. The molecule has 0 saturated carbocycles. The Hall–Kier alpha value is -3.07. The van der Waals surface area contributed by atoms with Crippen molar-refractivity contribution < 1.29 is 14.3 Å². The highest BCUT2D eigenvalue weighted by Crippen LogP contribution is 2.30. The number of rotatable bonds is 5. The Kier molecular flexibility index (Phi) is 5.04. The van der Waals surface area contributed by atoms with Crippen molar-refractivity contribution in [3.05, 3.63) is 50.7 Å². The van der Waals surface area contributed by atoms with Gasteiger partial charge in [0.2, 0.25) is 0 Å². The van der Waals surface area contributed by atoms with Crippen LogP contribution in [0.25, 0.3) is 0 Å². The van der Waals surface area contributed by atoms with E-state index in [4.69, 9.17) is 15.2 Å². The van der Waals surface area contributed by atoms with Crippen LogP contribution in [0.5, 0.6) is 11.5 Å². The van der Waals surface area contributed by atoms with Crippen LogP contribution in [0.3, 0.4) is 0 Å². The van der Waals surface area contributed by atoms with Gasteiger partial charge in [-0.2, -0.15) is 0 Å². The van der Waals surface area contributed by atoms with E-state index in [1.807, 2.05) is 24.3 Å². The largest absolute Gasteiger partial charge is 0.486 e. The lowest BCUT2D eigenvalue weighted by Crippen LogP contribution is -2.44. The molecule has 9 nitrogen and oxygen atoms in total. The molecule has 27 heavy (non-hydrogen) atoms. The molecule has 1 aliphatic rings. The molecule has 0 aliphatic carbocycles. The molecule has 2 heterocycles. The van der Waals surface area contributed by atoms with E-state index < -0.39 is 17.0 Å². The second kappa shape index (κ2) is 7.28. The highest BCUT2D eigenvalue weighted by molar-refractivity contribution is 6.01. The average Bonchev–Trinajstić information content (AvgIpc) is 2.64. The van der Waals surface area contributed by atoms with Crippen LogP contribution in [-0.2, 0) is 14.1 Å². The topological polar surface area (TPSA) is 109 Å². The van der Waals surface area contributed by atoms with Gasteiger partial charge in [-0.3, -0.25) is 23.6 Å². The lowest BCUT2D eigenvalue weighted by molar-refractivity contribution is 0.0623. The van der Waals surface area contributed by atoms with Gasteiger partial charge in [0.1, 0.15) is 24.1 Å². The molecule has 0 bridgehead atoms. The number of Topliss-reactive ketones (excluding diaryl/α,β-unsaturated/α-hetero) is 1. The van der Waals surface area contributed by atoms with Gasteiger partial charge in [-0.1, -0.05) is 12.1 Å². The van der Waals surface area contributed by atoms with Crippen molar-refractivity contribution in [2.45, 2.75) is 6.10 Å². The Morgan fingerprint density at radius 1 is 1.22 bits per heavy atom. The van der Waals surface area contributed by atoms with Crippen LogP contribution in [0.1, 0.15) is 10.4 Å². The summed E-state index contributed by atoms with van der Waals surface area (Å²) in [6.45, 7) is 0.741. The molecule has 3 rings (SSSR count). The maximum atomic E-state index is 12.6. The van der Waals surface area contributed by atoms with E-state index >= 15 is 0 Å². The number of ether oxygens (including phenoxy) is 2. The van der Waals surface area contributed by atoms with E-state index in [1.165, 1.54) is 14.1 Å². The third-order valence-electron chi connectivity index (χ3n) is 4.49. The van der Waals surface area contributed by atoms with Crippen molar-refractivity contribution in [2.75, 3.05) is 32.5 Å². The second-order valence-electron chi connectivity index (χ2n) is 6.58. The highest BCUT2D eigenvalue weighted by atomic mass is 16.6. The molecule has 1 aromatic carbocycles. The predicted molar refractivity (Wildman–Crippen MR) is 99.5 cm³/mol. The van der Waals surface area contributed by atoms with E-state index in [1.54, 1.807) is 11.9 Å². The molecule has 1 aliphatic heterocycles. The second-order valence-corrected chi connectivity index (χ2v) is 6.58. The number of nitrogen functional groups attached to an aromatic ring is 1. The normalized spacial score (nSPS) is 15.8. The summed E-state index contributed by atoms with van der Waals surface area (Å²) in [6, 6.07) is 7.38. The summed E-state index contributed by atoms with van der Waals surface area (Å²) in [5.74, 6) is 0.759. The number of aromatic nitrogens is 2. The van der Waals surface area contributed by atoms with Crippen molar-refractivity contribution in [1.82, 2.24) is 14.0 Å². The average molecular weight is 374 g/mol. The van der Waals surface area contributed by atoms with Gasteiger partial charge in [-0.05, 0) is 19.2 Å². The zero-order valence-corrected chi connectivity index (χ0v) is 15.5. The molecule has 144 valence electrons. The molecular formula is C18H22N4O5. The number of nitrogens with two attached hydrogens (primary N) is 1. The lowest BCUT2D eigenvalue weighted by atomic mass is 10.1. The molecular weight excluding hydrogens is 352 g/mol. The van der Waals surface area contributed by atoms with E-state index in [-0.39, 0.29) is 24.0 Å². The lowest BCUT2D eigenvalue weighted by Gasteiger charge is -2.29. The summed E-state index contributed by atoms with van der Waals surface area (Å²) in [5, 5.41) is 0. The number of likely N-dealkylation sites (N-methyl/N-ethyl adjacent to an activating group) is 1. The van der Waals surface area contributed by atoms with Crippen LogP contribution in [0, 0.1) is 0 Å². The van der Waals surface area contributed by atoms with Gasteiger partial charge in [0.25, 0.3) is 5.56 Å². The fourth-order valence-corrected chi connectivity index (χ4v) is 3.01. The van der Waals surface area contributed by atoms with Crippen LogP contribution in [0.15, 0.2) is 33.9 Å². The summed E-state index contributed by atoms with van der Waals surface area (Å²) in [4.78, 5) is 38.5. The zero-order valence-electron chi connectivity index (χ0n) is 15.5. The van der Waals surface area contributed by atoms with Crippen molar-refractivity contribution in [3.63, 3.8) is 0 Å². The Morgan fingerprint density at radius 3 is 2.59 bits per heavy atom. The maximum Gasteiger partial charge on any atom is 0.332 e. The Labute approximate surface area is 155 Å². The van der Waals surface area contributed by atoms with Gasteiger partial charge < -0.3 is 15.2 Å². The predicted octanol–water partition coefficient (Wildman–Crippen LogP) is -0.379. The minimum Gasteiger partial charge on any atom is -0.486 e. The number of hydrogen-bond acceptors (Lipinski definition) is 7. The van der Waals surface area contributed by atoms with Crippen LogP contribution in [0.4, 0.5) is 5.82 Å². The Bertz CT molecular complexity index is 994. The van der Waals surface area contributed by atoms with E-state index in [0.29, 0.717) is 24.7 Å². The smallest absolute Gasteiger partial charge is 0.332 e. The fourth-order valence-electron chi connectivity index (χ4n) is 3.01. The summed E-state index contributed by atoms with van der Waals surface area (Å²) in [6.07, 6.45) is -0.252. The van der Waals surface area contributed by atoms with Gasteiger partial charge in [-0.25, -0.2) is 4.79 Å². The number of nitrogens with zero attached hydrogens (tertiary/aromatic N) is 3. The van der Waals surface area contributed by atoms with Gasteiger partial charge in [-0.15, -0.1) is 0 Å². The number of anilines is 1. The van der Waals surface area contributed by atoms with E-state index in [0.717, 1.165) is 9.13 Å². The monoisotopic (exact) mass is 374 g/mol. The van der Waals surface area contributed by atoms with Crippen molar-refractivity contribution in [3.8, 4) is 11.5 Å². The summed E-state index contributed by atoms with van der Waals surface area (Å²) in [5.41, 5.74) is 4.38. The van der Waals surface area contributed by atoms with Crippen LogP contribution >= 0.6 is 0 Å². The van der Waals surface area contributed by atoms with Crippen molar-refractivity contribution in [1.29, 1.82) is 0 Å². The molecule has 9 heteroatoms. The molecule has 2 aromatic rings. The van der Waals surface area contributed by atoms with E-state index in [2.05, 4.69) is 0 Å². The third kappa shape index (κ3) is 3.59. The molecule has 2 N–H and O–H groups in total. The zero-order chi connectivity index (χ0) is 19.7. The number of carbonyl (C=O) groups excluding carboxylic acids is 1. The van der Waals surface area contributed by atoms with Crippen molar-refractivity contribution in [2.24, 2.45) is 14.1 Å². The van der Waals surface area contributed by atoms with Crippen LogP contribution in [0.2, 0.25) is 0 Å². The summed E-state index contributed by atoms with van der Waals surface area (Å²) < 4.78 is 13.5.